The lowest BCUT2D eigenvalue weighted by molar-refractivity contribution is -0.161. The van der Waals surface area contributed by atoms with Gasteiger partial charge < -0.3 is 33.8 Å². The summed E-state index contributed by atoms with van der Waals surface area (Å²) in [5.41, 5.74) is 0. The Kier molecular flexibility index (Phi) is 67.4. The van der Waals surface area contributed by atoms with E-state index in [4.69, 9.17) is 37.0 Å². The fraction of sp³-hybridized carbons (Fsp3) is 0.948. The van der Waals surface area contributed by atoms with Gasteiger partial charge in [-0.1, -0.05) is 350 Å². The number of aliphatic hydroxyl groups is 1. The smallest absolute Gasteiger partial charge is 0.462 e. The fourth-order valence-electron chi connectivity index (χ4n) is 11.8. The number of aliphatic hydroxyl groups excluding tert-OH is 1. The van der Waals surface area contributed by atoms with Gasteiger partial charge in [-0.2, -0.15) is 0 Å². The van der Waals surface area contributed by atoms with Crippen LogP contribution in [-0.2, 0) is 65.4 Å². The number of hydrogen-bond acceptors (Lipinski definition) is 15. The van der Waals surface area contributed by atoms with Gasteiger partial charge in [0.15, 0.2) is 12.2 Å². The van der Waals surface area contributed by atoms with Crippen LogP contribution >= 0.6 is 15.6 Å². The second-order valence-corrected chi connectivity index (χ2v) is 31.6. The van der Waals surface area contributed by atoms with E-state index in [0.717, 1.165) is 108 Å². The highest BCUT2D eigenvalue weighted by atomic mass is 31.2. The van der Waals surface area contributed by atoms with E-state index >= 15 is 0 Å². The number of carbonyl (C=O) groups is 4. The van der Waals surface area contributed by atoms with Crippen molar-refractivity contribution in [3.63, 3.8) is 0 Å². The molecule has 0 saturated carbocycles. The lowest BCUT2D eigenvalue weighted by Crippen LogP contribution is -2.30. The summed E-state index contributed by atoms with van der Waals surface area (Å²) in [6.45, 7) is 9.53. The second-order valence-electron chi connectivity index (χ2n) is 28.7. The molecule has 0 saturated heterocycles. The summed E-state index contributed by atoms with van der Waals surface area (Å²) in [6, 6.07) is 0. The van der Waals surface area contributed by atoms with E-state index in [1.165, 1.54) is 212 Å². The van der Waals surface area contributed by atoms with Crippen LogP contribution in [0.4, 0.5) is 0 Å². The zero-order chi connectivity index (χ0) is 70.7. The van der Waals surface area contributed by atoms with Crippen molar-refractivity contribution < 1.29 is 80.2 Å². The van der Waals surface area contributed by atoms with Crippen LogP contribution in [0.3, 0.4) is 0 Å². The molecule has 96 heavy (non-hydrogen) atoms. The standard InChI is InChI=1S/C77H150O17P2/c1-7-9-11-13-14-15-16-17-18-19-20-21-22-23-24-25-33-38-43-49-55-62-77(82)94-73(66-88-75(80)60-54-48-42-37-32-28-26-30-35-40-46-51-57-69(3)4)68-92-96(85,86)90-64-71(78)63-89-95(83,84)91-67-72(65-87-74(79)59-53-45-12-10-8-2)93-76(81)61-56-50-44-39-34-29-27-31-36-41-47-52-58-70(5)6/h69-73,78H,7-68H2,1-6H3,(H,83,84)(H,85,86)/t71-,72+,73+/m0/s1. The second kappa shape index (κ2) is 68.8. The number of carbonyl (C=O) groups excluding carboxylic acids is 4. The maximum Gasteiger partial charge on any atom is 0.472 e. The fourth-order valence-corrected chi connectivity index (χ4v) is 13.4. The Hall–Kier alpha value is -1.94. The molecule has 0 aliphatic rings. The van der Waals surface area contributed by atoms with Crippen LogP contribution < -0.4 is 0 Å². The number of unbranched alkanes of at least 4 members (excludes halogenated alkanes) is 46. The molecule has 0 aromatic heterocycles. The van der Waals surface area contributed by atoms with Crippen LogP contribution in [0.5, 0.6) is 0 Å². The van der Waals surface area contributed by atoms with Gasteiger partial charge in [0.2, 0.25) is 0 Å². The molecule has 5 atom stereocenters. The quantitative estimate of drug-likeness (QED) is 0.0222. The predicted molar refractivity (Wildman–Crippen MR) is 391 cm³/mol. The molecule has 0 aliphatic heterocycles. The zero-order valence-electron chi connectivity index (χ0n) is 62.7. The Morgan fingerprint density at radius 2 is 0.479 bits per heavy atom. The molecular weight excluding hydrogens is 1260 g/mol. The third kappa shape index (κ3) is 70.5. The van der Waals surface area contributed by atoms with Gasteiger partial charge in [-0.3, -0.25) is 37.3 Å². The number of esters is 4. The number of phosphoric ester groups is 2. The van der Waals surface area contributed by atoms with Gasteiger partial charge in [0.1, 0.15) is 19.3 Å². The molecular formula is C77H150O17P2. The van der Waals surface area contributed by atoms with Gasteiger partial charge in [-0.05, 0) is 37.5 Å². The molecule has 2 unspecified atom stereocenters. The number of phosphoric acid groups is 2. The topological polar surface area (TPSA) is 237 Å². The van der Waals surface area contributed by atoms with Crippen molar-refractivity contribution in [3.05, 3.63) is 0 Å². The molecule has 0 heterocycles. The summed E-state index contributed by atoms with van der Waals surface area (Å²) in [6.07, 6.45) is 57.4. The van der Waals surface area contributed by atoms with E-state index in [1.54, 1.807) is 0 Å². The van der Waals surface area contributed by atoms with Crippen molar-refractivity contribution in [3.8, 4) is 0 Å². The van der Waals surface area contributed by atoms with Crippen LogP contribution in [0.1, 0.15) is 401 Å². The van der Waals surface area contributed by atoms with E-state index < -0.39 is 97.5 Å². The molecule has 19 heteroatoms. The van der Waals surface area contributed by atoms with Gasteiger partial charge in [0.05, 0.1) is 26.4 Å². The first-order valence-electron chi connectivity index (χ1n) is 40.0. The van der Waals surface area contributed by atoms with E-state index in [9.17, 15) is 43.2 Å². The molecule has 0 spiro atoms. The monoisotopic (exact) mass is 1410 g/mol. The predicted octanol–water partition coefficient (Wildman–Crippen LogP) is 22.7. The molecule has 0 radical (unpaired) electrons. The first-order chi connectivity index (χ1) is 46.4. The lowest BCUT2D eigenvalue weighted by atomic mass is 10.0. The van der Waals surface area contributed by atoms with Crippen molar-refractivity contribution in [2.24, 2.45) is 11.8 Å². The molecule has 570 valence electrons. The van der Waals surface area contributed by atoms with Crippen molar-refractivity contribution >= 4 is 39.5 Å². The van der Waals surface area contributed by atoms with Gasteiger partial charge in [0.25, 0.3) is 0 Å². The average molecular weight is 1410 g/mol. The summed E-state index contributed by atoms with van der Waals surface area (Å²) < 4.78 is 68.3. The summed E-state index contributed by atoms with van der Waals surface area (Å²) in [5, 5.41) is 10.6. The maximum atomic E-state index is 13.1. The van der Waals surface area contributed by atoms with Crippen molar-refractivity contribution in [1.82, 2.24) is 0 Å². The minimum atomic E-state index is -4.96. The number of ether oxygens (including phenoxy) is 4. The van der Waals surface area contributed by atoms with Gasteiger partial charge in [-0.15, -0.1) is 0 Å². The molecule has 17 nitrogen and oxygen atoms in total. The van der Waals surface area contributed by atoms with Gasteiger partial charge >= 0.3 is 39.5 Å². The normalized spacial score (nSPS) is 14.0. The minimum absolute atomic E-state index is 0.106. The average Bonchev–Trinajstić information content (AvgIpc) is 1.44. The van der Waals surface area contributed by atoms with E-state index in [-0.39, 0.29) is 25.7 Å². The van der Waals surface area contributed by atoms with E-state index in [0.29, 0.717) is 25.7 Å². The minimum Gasteiger partial charge on any atom is -0.462 e. The zero-order valence-corrected chi connectivity index (χ0v) is 64.5. The third-order valence-corrected chi connectivity index (χ3v) is 19.9. The van der Waals surface area contributed by atoms with Crippen molar-refractivity contribution in [2.45, 2.75) is 419 Å². The molecule has 0 aromatic carbocycles. The van der Waals surface area contributed by atoms with Crippen LogP contribution in [0, 0.1) is 11.8 Å². The Morgan fingerprint density at radius 3 is 0.708 bits per heavy atom. The van der Waals surface area contributed by atoms with Gasteiger partial charge in [0, 0.05) is 25.7 Å². The molecule has 0 aromatic rings. The van der Waals surface area contributed by atoms with E-state index in [1.807, 2.05) is 0 Å². The first kappa shape index (κ1) is 94.1. The summed E-state index contributed by atoms with van der Waals surface area (Å²) in [4.78, 5) is 72.6. The molecule has 0 aliphatic carbocycles. The highest BCUT2D eigenvalue weighted by molar-refractivity contribution is 7.47. The first-order valence-corrected chi connectivity index (χ1v) is 43.0. The Morgan fingerprint density at radius 1 is 0.281 bits per heavy atom. The van der Waals surface area contributed by atoms with Crippen LogP contribution in [0.2, 0.25) is 0 Å². The maximum absolute atomic E-state index is 13.1. The Bertz CT molecular complexity index is 1860. The molecule has 3 N–H and O–H groups in total. The number of hydrogen-bond donors (Lipinski definition) is 3. The van der Waals surface area contributed by atoms with Crippen LogP contribution in [-0.4, -0.2) is 96.7 Å². The van der Waals surface area contributed by atoms with Crippen molar-refractivity contribution in [2.75, 3.05) is 39.6 Å². The van der Waals surface area contributed by atoms with Gasteiger partial charge in [-0.25, -0.2) is 9.13 Å². The number of rotatable bonds is 76. The molecule has 0 amide bonds. The summed E-state index contributed by atoms with van der Waals surface area (Å²) in [5.74, 6) is -0.567. The third-order valence-electron chi connectivity index (χ3n) is 18.0. The Labute approximate surface area is 588 Å². The Balaban J connectivity index is 5.12. The van der Waals surface area contributed by atoms with Crippen LogP contribution in [0.25, 0.3) is 0 Å². The SMILES string of the molecule is CCCCCCCCCCCCCCCCCCCCCCCC(=O)O[C@H](COC(=O)CCCCCCCCCCCCCCC(C)C)COP(=O)(O)OC[C@@H](O)COP(=O)(O)OC[C@@H](COC(=O)CCCCCCC)OC(=O)CCCCCCCCCCCCCCC(C)C. The van der Waals surface area contributed by atoms with Crippen molar-refractivity contribution in [1.29, 1.82) is 0 Å². The van der Waals surface area contributed by atoms with Crippen LogP contribution in [0.15, 0.2) is 0 Å². The highest BCUT2D eigenvalue weighted by Gasteiger charge is 2.30. The lowest BCUT2D eigenvalue weighted by Gasteiger charge is -2.21. The summed E-state index contributed by atoms with van der Waals surface area (Å²) in [7, 11) is -9.90. The molecule has 0 fully saturated rings. The molecule has 0 bridgehead atoms. The highest BCUT2D eigenvalue weighted by Crippen LogP contribution is 2.45. The van der Waals surface area contributed by atoms with E-state index in [2.05, 4.69) is 41.5 Å². The summed E-state index contributed by atoms with van der Waals surface area (Å²) >= 11 is 0. The largest absolute Gasteiger partial charge is 0.472 e. The molecule has 0 rings (SSSR count).